The molecule has 4 heteroatoms. The molecule has 1 atom stereocenters. The zero-order valence-electron chi connectivity index (χ0n) is 15.1. The molecule has 0 saturated heterocycles. The summed E-state index contributed by atoms with van der Waals surface area (Å²) < 4.78 is 0. The molecule has 0 bridgehead atoms. The van der Waals surface area contributed by atoms with Gasteiger partial charge in [0, 0.05) is 10.9 Å². The summed E-state index contributed by atoms with van der Waals surface area (Å²) in [4.78, 5) is 16.4. The summed E-state index contributed by atoms with van der Waals surface area (Å²) in [6.45, 7) is 5.74. The maximum absolute atomic E-state index is 11.9. The normalized spacial score (nSPS) is 11.5. The van der Waals surface area contributed by atoms with Crippen molar-refractivity contribution in [2.75, 3.05) is 5.32 Å². The van der Waals surface area contributed by atoms with Crippen LogP contribution in [0.15, 0.2) is 48.5 Å². The fourth-order valence-electron chi connectivity index (χ4n) is 2.78. The quantitative estimate of drug-likeness (QED) is 0.699. The lowest BCUT2D eigenvalue weighted by Crippen LogP contribution is -2.32. The fraction of sp³-hybridized carbons (Fsp3) is 0.182. The van der Waals surface area contributed by atoms with Gasteiger partial charge in [-0.1, -0.05) is 36.3 Å². The molecule has 0 fully saturated rings. The lowest BCUT2D eigenvalue weighted by Gasteiger charge is -2.09. The number of hydrogen-bond acceptors (Lipinski definition) is 3. The molecule has 1 aromatic heterocycles. The minimum absolute atomic E-state index is 0.277. The Morgan fingerprint density at radius 3 is 2.46 bits per heavy atom. The van der Waals surface area contributed by atoms with Gasteiger partial charge in [-0.3, -0.25) is 4.79 Å². The van der Waals surface area contributed by atoms with Gasteiger partial charge in [0.1, 0.15) is 11.5 Å². The first-order valence-corrected chi connectivity index (χ1v) is 8.49. The van der Waals surface area contributed by atoms with Gasteiger partial charge in [0.2, 0.25) is 5.91 Å². The van der Waals surface area contributed by atoms with Crippen molar-refractivity contribution in [3.8, 4) is 11.8 Å². The van der Waals surface area contributed by atoms with Gasteiger partial charge in [-0.2, -0.15) is 0 Å². The van der Waals surface area contributed by atoms with Gasteiger partial charge in [-0.15, -0.1) is 0 Å². The van der Waals surface area contributed by atoms with Gasteiger partial charge < -0.3 is 11.1 Å². The molecular weight excluding hydrogens is 322 g/mol. The van der Waals surface area contributed by atoms with Crippen molar-refractivity contribution in [2.45, 2.75) is 26.8 Å². The Morgan fingerprint density at radius 2 is 1.77 bits per heavy atom. The van der Waals surface area contributed by atoms with Crippen LogP contribution >= 0.6 is 0 Å². The van der Waals surface area contributed by atoms with Gasteiger partial charge >= 0.3 is 0 Å². The van der Waals surface area contributed by atoms with Crippen molar-refractivity contribution in [2.24, 2.45) is 5.73 Å². The molecule has 0 radical (unpaired) electrons. The van der Waals surface area contributed by atoms with Crippen LogP contribution in [0.2, 0.25) is 0 Å². The lowest BCUT2D eigenvalue weighted by atomic mass is 10.1. The van der Waals surface area contributed by atoms with Crippen LogP contribution in [0.5, 0.6) is 0 Å². The second kappa shape index (κ2) is 7.38. The summed E-state index contributed by atoms with van der Waals surface area (Å²) in [6.07, 6.45) is 0. The number of benzene rings is 2. The smallest absolute Gasteiger partial charge is 0.242 e. The summed E-state index contributed by atoms with van der Waals surface area (Å²) in [7, 11) is 0. The molecule has 0 aliphatic rings. The van der Waals surface area contributed by atoms with E-state index in [4.69, 9.17) is 5.73 Å². The fourth-order valence-corrected chi connectivity index (χ4v) is 2.78. The molecule has 2 aromatic carbocycles. The van der Waals surface area contributed by atoms with E-state index < -0.39 is 6.04 Å². The molecule has 0 aliphatic heterocycles. The molecule has 3 rings (SSSR count). The standard InChI is InChI=1S/C22H21N3O/c1-14-10-15(2)12-17(11-14)8-9-20-19-7-5-4-6-18(19)13-21(24-20)25-22(26)16(3)23/h4-7,10-13,16H,23H2,1-3H3,(H,24,25,26). The highest BCUT2D eigenvalue weighted by Gasteiger charge is 2.10. The van der Waals surface area contributed by atoms with Gasteiger partial charge in [-0.25, -0.2) is 4.98 Å². The highest BCUT2D eigenvalue weighted by molar-refractivity contribution is 5.96. The summed E-state index contributed by atoms with van der Waals surface area (Å²) in [6, 6.07) is 15.3. The number of amides is 1. The van der Waals surface area contributed by atoms with E-state index >= 15 is 0 Å². The van der Waals surface area contributed by atoms with Crippen LogP contribution in [-0.4, -0.2) is 16.9 Å². The molecular formula is C22H21N3O. The first kappa shape index (κ1) is 17.7. The molecule has 1 amide bonds. The largest absolute Gasteiger partial charge is 0.320 e. The van der Waals surface area contributed by atoms with Gasteiger partial charge in [0.15, 0.2) is 0 Å². The van der Waals surface area contributed by atoms with Crippen LogP contribution in [-0.2, 0) is 4.79 Å². The molecule has 1 heterocycles. The second-order valence-electron chi connectivity index (χ2n) is 6.48. The maximum atomic E-state index is 11.9. The van der Waals surface area contributed by atoms with Gasteiger partial charge in [-0.05, 0) is 61.4 Å². The van der Waals surface area contributed by atoms with Crippen molar-refractivity contribution in [1.82, 2.24) is 4.98 Å². The first-order valence-electron chi connectivity index (χ1n) is 8.49. The van der Waals surface area contributed by atoms with Crippen LogP contribution in [0.25, 0.3) is 10.8 Å². The van der Waals surface area contributed by atoms with E-state index in [1.807, 2.05) is 42.5 Å². The molecule has 26 heavy (non-hydrogen) atoms. The van der Waals surface area contributed by atoms with Crippen LogP contribution < -0.4 is 11.1 Å². The van der Waals surface area contributed by atoms with E-state index in [0.717, 1.165) is 16.3 Å². The predicted molar refractivity (Wildman–Crippen MR) is 106 cm³/mol. The van der Waals surface area contributed by atoms with Crippen molar-refractivity contribution in [3.63, 3.8) is 0 Å². The summed E-state index contributed by atoms with van der Waals surface area (Å²) >= 11 is 0. The molecule has 1 unspecified atom stereocenters. The molecule has 130 valence electrons. The zero-order valence-corrected chi connectivity index (χ0v) is 15.1. The Bertz CT molecular complexity index is 1020. The minimum Gasteiger partial charge on any atom is -0.320 e. The molecule has 3 aromatic rings. The number of nitrogens with two attached hydrogens (primary N) is 1. The Labute approximate surface area is 153 Å². The van der Waals surface area contributed by atoms with E-state index in [1.54, 1.807) is 6.92 Å². The van der Waals surface area contributed by atoms with Crippen molar-refractivity contribution >= 4 is 22.5 Å². The number of aromatic nitrogens is 1. The van der Waals surface area contributed by atoms with E-state index in [-0.39, 0.29) is 5.91 Å². The Balaban J connectivity index is 2.07. The number of aryl methyl sites for hydroxylation is 2. The topological polar surface area (TPSA) is 68.0 Å². The van der Waals surface area contributed by atoms with E-state index in [1.165, 1.54) is 11.1 Å². The van der Waals surface area contributed by atoms with Crippen molar-refractivity contribution < 1.29 is 4.79 Å². The second-order valence-corrected chi connectivity index (χ2v) is 6.48. The number of carbonyl (C=O) groups is 1. The molecule has 3 N–H and O–H groups in total. The summed E-state index contributed by atoms with van der Waals surface area (Å²) in [5, 5.41) is 4.66. The van der Waals surface area contributed by atoms with E-state index in [9.17, 15) is 4.79 Å². The van der Waals surface area contributed by atoms with Crippen LogP contribution in [0.1, 0.15) is 29.3 Å². The lowest BCUT2D eigenvalue weighted by molar-refractivity contribution is -0.117. The third-order valence-corrected chi connectivity index (χ3v) is 3.95. The van der Waals surface area contributed by atoms with Crippen LogP contribution in [0.4, 0.5) is 5.82 Å². The number of pyridine rings is 1. The first-order chi connectivity index (χ1) is 12.4. The van der Waals surface area contributed by atoms with Gasteiger partial charge in [0.05, 0.1) is 6.04 Å². The van der Waals surface area contributed by atoms with Crippen LogP contribution in [0.3, 0.4) is 0 Å². The predicted octanol–water partition coefficient (Wildman–Crippen LogP) is 3.54. The third-order valence-electron chi connectivity index (χ3n) is 3.95. The maximum Gasteiger partial charge on any atom is 0.242 e. The zero-order chi connectivity index (χ0) is 18.7. The summed E-state index contributed by atoms with van der Waals surface area (Å²) in [5.74, 6) is 6.52. The number of carbonyl (C=O) groups excluding carboxylic acids is 1. The molecule has 0 saturated carbocycles. The van der Waals surface area contributed by atoms with Crippen molar-refractivity contribution in [3.05, 3.63) is 70.9 Å². The van der Waals surface area contributed by atoms with Crippen molar-refractivity contribution in [1.29, 1.82) is 0 Å². The van der Waals surface area contributed by atoms with E-state index in [0.29, 0.717) is 11.5 Å². The average molecular weight is 343 g/mol. The average Bonchev–Trinajstić information content (AvgIpc) is 2.58. The molecule has 0 aliphatic carbocycles. The number of hydrogen-bond donors (Lipinski definition) is 2. The monoisotopic (exact) mass is 343 g/mol. The molecule has 0 spiro atoms. The Kier molecular flexibility index (Phi) is 5.01. The highest BCUT2D eigenvalue weighted by atomic mass is 16.2. The summed E-state index contributed by atoms with van der Waals surface area (Å²) in [5.41, 5.74) is 9.54. The number of rotatable bonds is 2. The Morgan fingerprint density at radius 1 is 1.08 bits per heavy atom. The number of fused-ring (bicyclic) bond motifs is 1. The minimum atomic E-state index is -0.604. The number of nitrogens with zero attached hydrogens (tertiary/aromatic N) is 1. The van der Waals surface area contributed by atoms with Gasteiger partial charge in [0.25, 0.3) is 0 Å². The molecule has 4 nitrogen and oxygen atoms in total. The number of anilines is 1. The number of nitrogens with one attached hydrogen (secondary N) is 1. The third kappa shape index (κ3) is 4.08. The Hall–Kier alpha value is -3.16. The van der Waals surface area contributed by atoms with E-state index in [2.05, 4.69) is 42.1 Å². The SMILES string of the molecule is Cc1cc(C)cc(C#Cc2nc(NC(=O)C(C)N)cc3ccccc23)c1. The highest BCUT2D eigenvalue weighted by Crippen LogP contribution is 2.20. The van der Waals surface area contributed by atoms with Crippen LogP contribution in [0, 0.1) is 25.7 Å².